The van der Waals surface area contributed by atoms with Gasteiger partial charge >= 0.3 is 5.97 Å². The average molecular weight is 242 g/mol. The number of halogens is 2. The molecule has 1 N–H and O–H groups in total. The fourth-order valence-corrected chi connectivity index (χ4v) is 2.38. The fraction of sp³-hybridized carbons (Fsp3) is 0.857. The zero-order valence-corrected chi connectivity index (χ0v) is 8.61. The number of carbonyl (C=O) groups is 1. The van der Waals surface area contributed by atoms with Crippen molar-refractivity contribution >= 4 is 29.2 Å². The second-order valence-electron chi connectivity index (χ2n) is 3.31. The minimum atomic E-state index is -1.12. The third-order valence-electron chi connectivity index (χ3n) is 2.35. The first-order valence-electron chi connectivity index (χ1n) is 4.08. The van der Waals surface area contributed by atoms with Crippen LogP contribution in [0.2, 0.25) is 0 Å². The maximum absolute atomic E-state index is 10.7. The van der Waals surface area contributed by atoms with Gasteiger partial charge in [-0.15, -0.1) is 23.2 Å². The van der Waals surface area contributed by atoms with Crippen molar-refractivity contribution in [3.63, 3.8) is 0 Å². The molecule has 1 fully saturated rings. The second kappa shape index (κ2) is 4.31. The highest BCUT2D eigenvalue weighted by atomic mass is 35.5. The number of aliphatic carboxylic acids is 1. The van der Waals surface area contributed by atoms with E-state index in [1.807, 2.05) is 0 Å². The van der Waals surface area contributed by atoms with Crippen LogP contribution in [0.1, 0.15) is 12.8 Å². The summed E-state index contributed by atoms with van der Waals surface area (Å²) < 4.78 is 0. The topological polar surface area (TPSA) is 80.4 Å². The van der Waals surface area contributed by atoms with E-state index in [-0.39, 0.29) is 12.8 Å². The smallest absolute Gasteiger partial charge is 0.308 e. The van der Waals surface area contributed by atoms with Crippen molar-refractivity contribution in [1.29, 1.82) is 0 Å². The summed E-state index contributed by atoms with van der Waals surface area (Å²) in [5.74, 6) is -2.05. The molecule has 7 heteroatoms. The Morgan fingerprint density at radius 3 is 2.43 bits per heavy atom. The number of carboxylic acids is 1. The molecule has 0 bridgehead atoms. The van der Waals surface area contributed by atoms with Crippen LogP contribution in [0.25, 0.3) is 0 Å². The summed E-state index contributed by atoms with van der Waals surface area (Å²) in [5.41, 5.74) is 0. The van der Waals surface area contributed by atoms with Crippen molar-refractivity contribution in [2.75, 3.05) is 0 Å². The quantitative estimate of drug-likeness (QED) is 0.450. The van der Waals surface area contributed by atoms with E-state index in [9.17, 15) is 14.9 Å². The molecule has 0 spiro atoms. The summed E-state index contributed by atoms with van der Waals surface area (Å²) in [7, 11) is 0. The Morgan fingerprint density at radius 2 is 2.00 bits per heavy atom. The van der Waals surface area contributed by atoms with Gasteiger partial charge in [0.1, 0.15) is 5.38 Å². The molecule has 4 atom stereocenters. The third-order valence-corrected chi connectivity index (χ3v) is 3.30. The predicted octanol–water partition coefficient (Wildman–Crippen LogP) is 1.34. The summed E-state index contributed by atoms with van der Waals surface area (Å²) >= 11 is 11.5. The number of nitrogens with zero attached hydrogens (tertiary/aromatic N) is 1. The number of hydrogen-bond acceptors (Lipinski definition) is 3. The van der Waals surface area contributed by atoms with E-state index in [0.717, 1.165) is 0 Å². The van der Waals surface area contributed by atoms with Gasteiger partial charge < -0.3 is 5.11 Å². The monoisotopic (exact) mass is 241 g/mol. The standard InChI is InChI=1S/C7H9Cl2NO4/c8-3-1-4(7(11)12)6(9)5(2-3)10(13)14/h3-6H,1-2H2,(H,11,12). The highest BCUT2D eigenvalue weighted by Gasteiger charge is 2.46. The zero-order valence-electron chi connectivity index (χ0n) is 7.10. The van der Waals surface area contributed by atoms with Gasteiger partial charge in [-0.2, -0.15) is 0 Å². The van der Waals surface area contributed by atoms with Gasteiger partial charge in [-0.05, 0) is 6.42 Å². The lowest BCUT2D eigenvalue weighted by molar-refractivity contribution is -0.526. The summed E-state index contributed by atoms with van der Waals surface area (Å²) in [6.07, 6.45) is 0.321. The van der Waals surface area contributed by atoms with Crippen LogP contribution < -0.4 is 0 Å². The molecule has 0 radical (unpaired) electrons. The van der Waals surface area contributed by atoms with E-state index in [2.05, 4.69) is 0 Å². The van der Waals surface area contributed by atoms with Crippen LogP contribution in [0.3, 0.4) is 0 Å². The van der Waals surface area contributed by atoms with Gasteiger partial charge in [0, 0.05) is 16.7 Å². The summed E-state index contributed by atoms with van der Waals surface area (Å²) in [6.45, 7) is 0. The Bertz CT molecular complexity index is 236. The summed E-state index contributed by atoms with van der Waals surface area (Å²) in [4.78, 5) is 20.7. The van der Waals surface area contributed by atoms with E-state index in [1.54, 1.807) is 0 Å². The van der Waals surface area contributed by atoms with E-state index in [1.165, 1.54) is 0 Å². The maximum atomic E-state index is 10.7. The number of hydrogen-bond donors (Lipinski definition) is 1. The van der Waals surface area contributed by atoms with Crippen LogP contribution >= 0.6 is 23.2 Å². The second-order valence-corrected chi connectivity index (χ2v) is 4.43. The van der Waals surface area contributed by atoms with E-state index >= 15 is 0 Å². The van der Waals surface area contributed by atoms with Gasteiger partial charge in [0.25, 0.3) is 0 Å². The Hall–Kier alpha value is -0.550. The Labute approximate surface area is 90.1 Å². The van der Waals surface area contributed by atoms with Crippen molar-refractivity contribution in [3.05, 3.63) is 10.1 Å². The number of rotatable bonds is 2. The molecule has 5 nitrogen and oxygen atoms in total. The van der Waals surface area contributed by atoms with E-state index in [4.69, 9.17) is 28.3 Å². The zero-order chi connectivity index (χ0) is 10.9. The maximum Gasteiger partial charge on any atom is 0.308 e. The summed E-state index contributed by atoms with van der Waals surface area (Å²) in [5, 5.41) is 17.8. The first-order valence-corrected chi connectivity index (χ1v) is 4.95. The van der Waals surface area contributed by atoms with Crippen LogP contribution in [0, 0.1) is 16.0 Å². The normalized spacial score (nSPS) is 37.9. The number of carboxylic acid groups (broad SMARTS) is 1. The molecule has 14 heavy (non-hydrogen) atoms. The first kappa shape index (κ1) is 11.5. The minimum absolute atomic E-state index is 0.131. The Balaban J connectivity index is 2.80. The molecule has 1 rings (SSSR count). The molecule has 0 saturated heterocycles. The van der Waals surface area contributed by atoms with Crippen LogP contribution in [-0.4, -0.2) is 32.8 Å². The van der Waals surface area contributed by atoms with Gasteiger partial charge in [0.2, 0.25) is 6.04 Å². The molecule has 1 aliphatic rings. The van der Waals surface area contributed by atoms with Gasteiger partial charge in [-0.25, -0.2) is 0 Å². The minimum Gasteiger partial charge on any atom is -0.481 e. The SMILES string of the molecule is O=C(O)C1CC(Cl)CC([N+](=O)[O-])C1Cl. The summed E-state index contributed by atoms with van der Waals surface area (Å²) in [6, 6.07) is -1.06. The van der Waals surface area contributed by atoms with Crippen molar-refractivity contribution in [2.45, 2.75) is 29.6 Å². The van der Waals surface area contributed by atoms with E-state index < -0.39 is 33.6 Å². The molecule has 0 heterocycles. The van der Waals surface area contributed by atoms with Gasteiger partial charge in [-0.3, -0.25) is 14.9 Å². The molecule has 0 aromatic heterocycles. The Kier molecular flexibility index (Phi) is 3.55. The van der Waals surface area contributed by atoms with Crippen LogP contribution in [-0.2, 0) is 4.79 Å². The molecular weight excluding hydrogens is 233 g/mol. The molecule has 0 aromatic rings. The molecule has 1 aliphatic carbocycles. The third kappa shape index (κ3) is 2.27. The van der Waals surface area contributed by atoms with Crippen molar-refractivity contribution in [1.82, 2.24) is 0 Å². The molecule has 1 saturated carbocycles. The van der Waals surface area contributed by atoms with Gasteiger partial charge in [0.15, 0.2) is 0 Å². The van der Waals surface area contributed by atoms with Crippen molar-refractivity contribution in [2.24, 2.45) is 5.92 Å². The lowest BCUT2D eigenvalue weighted by Gasteiger charge is -2.29. The van der Waals surface area contributed by atoms with Crippen LogP contribution in [0.5, 0.6) is 0 Å². The Morgan fingerprint density at radius 1 is 1.43 bits per heavy atom. The van der Waals surface area contributed by atoms with Crippen LogP contribution in [0.15, 0.2) is 0 Å². The molecule has 0 aliphatic heterocycles. The van der Waals surface area contributed by atoms with Gasteiger partial charge in [0.05, 0.1) is 5.92 Å². The highest BCUT2D eigenvalue weighted by molar-refractivity contribution is 6.24. The van der Waals surface area contributed by atoms with E-state index in [0.29, 0.717) is 0 Å². The molecule has 0 amide bonds. The molecule has 0 aromatic carbocycles. The predicted molar refractivity (Wildman–Crippen MR) is 50.4 cm³/mol. The number of alkyl halides is 2. The van der Waals surface area contributed by atoms with Gasteiger partial charge in [-0.1, -0.05) is 0 Å². The highest BCUT2D eigenvalue weighted by Crippen LogP contribution is 2.33. The lowest BCUT2D eigenvalue weighted by Crippen LogP contribution is -2.45. The largest absolute Gasteiger partial charge is 0.481 e. The first-order chi connectivity index (χ1) is 6.43. The number of nitro groups is 1. The van der Waals surface area contributed by atoms with Crippen molar-refractivity contribution < 1.29 is 14.8 Å². The van der Waals surface area contributed by atoms with Crippen LogP contribution in [0.4, 0.5) is 0 Å². The molecular formula is C7H9Cl2NO4. The lowest BCUT2D eigenvalue weighted by atomic mass is 9.85. The van der Waals surface area contributed by atoms with Crippen molar-refractivity contribution in [3.8, 4) is 0 Å². The average Bonchev–Trinajstić information content (AvgIpc) is 2.07. The fourth-order valence-electron chi connectivity index (χ4n) is 1.60. The molecule has 80 valence electrons. The molecule has 4 unspecified atom stereocenters.